The van der Waals surface area contributed by atoms with E-state index in [2.05, 4.69) is 21.9 Å². The lowest BCUT2D eigenvalue weighted by molar-refractivity contribution is 0.354. The number of aromatic nitrogens is 3. The maximum absolute atomic E-state index is 5.70. The number of nitrogens with zero attached hydrogens (tertiary/aromatic N) is 4. The zero-order chi connectivity index (χ0) is 11.8. The van der Waals surface area contributed by atoms with Crippen LogP contribution in [-0.2, 0) is 0 Å². The minimum Gasteiger partial charge on any atom is -0.396 e. The number of likely N-dealkylation sites (N-methyl/N-ethyl adjacent to an activating group) is 1. The van der Waals surface area contributed by atoms with Crippen LogP contribution in [0.25, 0.3) is 5.65 Å². The Balaban J connectivity index is 1.96. The first-order valence-corrected chi connectivity index (χ1v) is 6.09. The van der Waals surface area contributed by atoms with Gasteiger partial charge in [-0.25, -0.2) is 9.50 Å². The van der Waals surface area contributed by atoms with E-state index in [-0.39, 0.29) is 0 Å². The summed E-state index contributed by atoms with van der Waals surface area (Å²) in [5.41, 5.74) is 8.54. The molecule has 1 aliphatic heterocycles. The van der Waals surface area contributed by atoms with Crippen molar-refractivity contribution in [3.05, 3.63) is 24.2 Å². The molecule has 90 valence electrons. The Morgan fingerprint density at radius 3 is 3.12 bits per heavy atom. The molecule has 3 rings (SSSR count). The molecule has 2 aromatic heterocycles. The number of hydrogen-bond donors (Lipinski definition) is 1. The van der Waals surface area contributed by atoms with Gasteiger partial charge in [-0.05, 0) is 19.5 Å². The zero-order valence-corrected chi connectivity index (χ0v) is 10.0. The van der Waals surface area contributed by atoms with Crippen LogP contribution >= 0.6 is 0 Å². The van der Waals surface area contributed by atoms with Crippen LogP contribution in [0, 0.1) is 0 Å². The second-order valence-corrected chi connectivity index (χ2v) is 4.63. The van der Waals surface area contributed by atoms with Crippen molar-refractivity contribution in [2.24, 2.45) is 0 Å². The zero-order valence-electron chi connectivity index (χ0n) is 10.0. The smallest absolute Gasteiger partial charge is 0.158 e. The van der Waals surface area contributed by atoms with E-state index in [0.29, 0.717) is 11.6 Å². The summed E-state index contributed by atoms with van der Waals surface area (Å²) in [6.07, 6.45) is 6.65. The van der Waals surface area contributed by atoms with Crippen molar-refractivity contribution in [3.8, 4) is 0 Å². The molecule has 0 aromatic carbocycles. The van der Waals surface area contributed by atoms with Crippen LogP contribution in [0.1, 0.15) is 24.8 Å². The third-order valence-corrected chi connectivity index (χ3v) is 3.56. The summed E-state index contributed by atoms with van der Waals surface area (Å²) < 4.78 is 1.78. The second kappa shape index (κ2) is 4.00. The van der Waals surface area contributed by atoms with Crippen molar-refractivity contribution in [2.75, 3.05) is 25.4 Å². The summed E-state index contributed by atoms with van der Waals surface area (Å²) in [5, 5.41) is 4.33. The van der Waals surface area contributed by atoms with E-state index in [0.717, 1.165) is 18.7 Å². The van der Waals surface area contributed by atoms with Gasteiger partial charge in [0.2, 0.25) is 0 Å². The Morgan fingerprint density at radius 1 is 1.47 bits per heavy atom. The topological polar surface area (TPSA) is 59.5 Å². The SMILES string of the molecule is CCN1CCC(c2cnn3cc(N)cnc23)C1. The van der Waals surface area contributed by atoms with Gasteiger partial charge >= 0.3 is 0 Å². The molecule has 5 nitrogen and oxygen atoms in total. The van der Waals surface area contributed by atoms with Crippen molar-refractivity contribution < 1.29 is 0 Å². The molecule has 1 aliphatic rings. The number of nitrogen functional groups attached to an aromatic ring is 1. The number of rotatable bonds is 2. The van der Waals surface area contributed by atoms with Crippen LogP contribution in [0.15, 0.2) is 18.6 Å². The molecule has 0 aliphatic carbocycles. The fourth-order valence-electron chi connectivity index (χ4n) is 2.57. The summed E-state index contributed by atoms with van der Waals surface area (Å²) in [7, 11) is 0. The fraction of sp³-hybridized carbons (Fsp3) is 0.500. The van der Waals surface area contributed by atoms with Gasteiger partial charge in [0, 0.05) is 18.0 Å². The van der Waals surface area contributed by atoms with Crippen LogP contribution < -0.4 is 5.73 Å². The molecular weight excluding hydrogens is 214 g/mol. The minimum absolute atomic E-state index is 0.559. The van der Waals surface area contributed by atoms with Crippen LogP contribution in [0.4, 0.5) is 5.69 Å². The molecule has 2 aromatic rings. The summed E-state index contributed by atoms with van der Waals surface area (Å²) in [6, 6.07) is 0. The highest BCUT2D eigenvalue weighted by Crippen LogP contribution is 2.29. The molecule has 17 heavy (non-hydrogen) atoms. The molecular formula is C12H17N5. The first kappa shape index (κ1) is 10.5. The Hall–Kier alpha value is -1.62. The van der Waals surface area contributed by atoms with Crippen molar-refractivity contribution >= 4 is 11.3 Å². The Labute approximate surface area is 100 Å². The van der Waals surface area contributed by atoms with Gasteiger partial charge in [0.1, 0.15) is 0 Å². The van der Waals surface area contributed by atoms with Gasteiger partial charge < -0.3 is 10.6 Å². The van der Waals surface area contributed by atoms with E-state index >= 15 is 0 Å². The largest absolute Gasteiger partial charge is 0.396 e. The molecule has 1 atom stereocenters. The van der Waals surface area contributed by atoms with E-state index in [4.69, 9.17) is 5.73 Å². The molecule has 0 bridgehead atoms. The van der Waals surface area contributed by atoms with E-state index < -0.39 is 0 Å². The molecule has 3 heterocycles. The average molecular weight is 231 g/mol. The third kappa shape index (κ3) is 1.76. The Morgan fingerprint density at radius 2 is 2.35 bits per heavy atom. The predicted molar refractivity (Wildman–Crippen MR) is 66.9 cm³/mol. The number of likely N-dealkylation sites (tertiary alicyclic amines) is 1. The van der Waals surface area contributed by atoms with Crippen molar-refractivity contribution in [2.45, 2.75) is 19.3 Å². The Kier molecular flexibility index (Phi) is 2.48. The summed E-state index contributed by atoms with van der Waals surface area (Å²) in [6.45, 7) is 5.62. The normalized spacial score (nSPS) is 21.4. The quantitative estimate of drug-likeness (QED) is 0.841. The van der Waals surface area contributed by atoms with Gasteiger partial charge in [-0.3, -0.25) is 0 Å². The van der Waals surface area contributed by atoms with Gasteiger partial charge in [0.25, 0.3) is 0 Å². The molecule has 0 amide bonds. The predicted octanol–water partition coefficient (Wildman–Crippen LogP) is 1.12. The maximum Gasteiger partial charge on any atom is 0.158 e. The van der Waals surface area contributed by atoms with Gasteiger partial charge in [-0.1, -0.05) is 6.92 Å². The number of nitrogens with two attached hydrogens (primary N) is 1. The van der Waals surface area contributed by atoms with Gasteiger partial charge in [0.05, 0.1) is 24.3 Å². The van der Waals surface area contributed by atoms with Crippen LogP contribution in [0.2, 0.25) is 0 Å². The third-order valence-electron chi connectivity index (χ3n) is 3.56. The second-order valence-electron chi connectivity index (χ2n) is 4.63. The lowest BCUT2D eigenvalue weighted by atomic mass is 10.0. The summed E-state index contributed by atoms with van der Waals surface area (Å²) in [4.78, 5) is 6.86. The molecule has 1 fully saturated rings. The highest BCUT2D eigenvalue weighted by Gasteiger charge is 2.25. The highest BCUT2D eigenvalue weighted by molar-refractivity contribution is 5.51. The molecule has 0 radical (unpaired) electrons. The van der Waals surface area contributed by atoms with Crippen molar-refractivity contribution in [3.63, 3.8) is 0 Å². The summed E-state index contributed by atoms with van der Waals surface area (Å²) >= 11 is 0. The first-order valence-electron chi connectivity index (χ1n) is 6.09. The molecule has 2 N–H and O–H groups in total. The number of hydrogen-bond acceptors (Lipinski definition) is 4. The van der Waals surface area contributed by atoms with Gasteiger partial charge in [0.15, 0.2) is 5.65 Å². The lowest BCUT2D eigenvalue weighted by Gasteiger charge is -2.12. The lowest BCUT2D eigenvalue weighted by Crippen LogP contribution is -2.19. The highest BCUT2D eigenvalue weighted by atomic mass is 15.2. The minimum atomic E-state index is 0.559. The van der Waals surface area contributed by atoms with E-state index in [1.807, 2.05) is 12.4 Å². The first-order chi connectivity index (χ1) is 8.28. The molecule has 0 spiro atoms. The molecule has 1 saturated heterocycles. The number of fused-ring (bicyclic) bond motifs is 1. The van der Waals surface area contributed by atoms with Crippen LogP contribution in [-0.4, -0.2) is 39.1 Å². The van der Waals surface area contributed by atoms with Crippen LogP contribution in [0.5, 0.6) is 0 Å². The standard InChI is InChI=1S/C12H17N5/c1-2-16-4-3-9(7-16)11-6-15-17-8-10(13)5-14-12(11)17/h5-6,8-9H,2-4,7,13H2,1H3. The fourth-order valence-corrected chi connectivity index (χ4v) is 2.57. The molecule has 5 heteroatoms. The van der Waals surface area contributed by atoms with Gasteiger partial charge in [-0.15, -0.1) is 0 Å². The Bertz CT molecular complexity index is 533. The van der Waals surface area contributed by atoms with Crippen molar-refractivity contribution in [1.29, 1.82) is 0 Å². The average Bonchev–Trinajstić information content (AvgIpc) is 2.93. The van der Waals surface area contributed by atoms with E-state index in [1.54, 1.807) is 10.7 Å². The van der Waals surface area contributed by atoms with E-state index in [9.17, 15) is 0 Å². The van der Waals surface area contributed by atoms with E-state index in [1.165, 1.54) is 18.5 Å². The van der Waals surface area contributed by atoms with Crippen molar-refractivity contribution in [1.82, 2.24) is 19.5 Å². The van der Waals surface area contributed by atoms with Gasteiger partial charge in [-0.2, -0.15) is 5.10 Å². The monoisotopic (exact) mass is 231 g/mol. The van der Waals surface area contributed by atoms with Crippen LogP contribution in [0.3, 0.4) is 0 Å². The maximum atomic E-state index is 5.70. The summed E-state index contributed by atoms with van der Waals surface area (Å²) in [5.74, 6) is 0.559. The number of anilines is 1. The molecule has 0 saturated carbocycles. The molecule has 1 unspecified atom stereocenters.